The van der Waals surface area contributed by atoms with Crippen LogP contribution in [0, 0.1) is 0 Å². The van der Waals surface area contributed by atoms with E-state index in [0.29, 0.717) is 0 Å². The molecule has 0 aliphatic carbocycles. The van der Waals surface area contributed by atoms with Crippen LogP contribution in [0.1, 0.15) is 50.7 Å². The summed E-state index contributed by atoms with van der Waals surface area (Å²) >= 11 is 0. The Labute approximate surface area is 165 Å². The van der Waals surface area contributed by atoms with E-state index in [4.69, 9.17) is 0 Å². The van der Waals surface area contributed by atoms with E-state index in [2.05, 4.69) is 68.4 Å². The van der Waals surface area contributed by atoms with Crippen molar-refractivity contribution in [3.8, 4) is 11.1 Å². The molecule has 0 atom stereocenters. The number of benzene rings is 2. The monoisotopic (exact) mass is 393 g/mol. The predicted octanol–water partition coefficient (Wildman–Crippen LogP) is 6.91. The van der Waals surface area contributed by atoms with Gasteiger partial charge in [-0.15, -0.1) is 34.5 Å². The smallest absolute Gasteiger partial charge is 0 e. The first-order chi connectivity index (χ1) is 11.3. The molecular weight excluding hydrogens is 367 g/mol. The summed E-state index contributed by atoms with van der Waals surface area (Å²) in [6, 6.07) is 20.5. The molecule has 0 spiro atoms. The Bertz CT molecular complexity index is 749. The van der Waals surface area contributed by atoms with Gasteiger partial charge in [-0.25, -0.2) is 0 Å². The Morgan fingerprint density at radius 1 is 0.875 bits per heavy atom. The maximum Gasteiger partial charge on any atom is 0 e. The standard InChI is InChI=1S/C23H27.Zr/c1-3-5-6-7-9-19-16-21-10-8-11-22(23(21)17-19)20-14-12-18(4-2)13-15-20;/h8,10-17H,3-7,9H2,1-2H3;/q-1;. The first kappa shape index (κ1) is 19.3. The van der Waals surface area contributed by atoms with Crippen LogP contribution in [-0.2, 0) is 39.0 Å². The van der Waals surface area contributed by atoms with Gasteiger partial charge in [0, 0.05) is 26.2 Å². The summed E-state index contributed by atoms with van der Waals surface area (Å²) in [5.41, 5.74) is 5.59. The zero-order chi connectivity index (χ0) is 16.1. The topological polar surface area (TPSA) is 0 Å². The van der Waals surface area contributed by atoms with Gasteiger partial charge in [-0.2, -0.15) is 6.07 Å². The molecular formula is C23H27Zr-. The van der Waals surface area contributed by atoms with Crippen molar-refractivity contribution in [3.63, 3.8) is 0 Å². The fourth-order valence-corrected chi connectivity index (χ4v) is 3.37. The van der Waals surface area contributed by atoms with E-state index in [1.165, 1.54) is 65.1 Å². The van der Waals surface area contributed by atoms with Crippen LogP contribution in [0.4, 0.5) is 0 Å². The second-order valence-electron chi connectivity index (χ2n) is 6.53. The molecule has 24 heavy (non-hydrogen) atoms. The molecule has 0 radical (unpaired) electrons. The first-order valence-corrected chi connectivity index (χ1v) is 9.09. The van der Waals surface area contributed by atoms with Crippen LogP contribution in [0.25, 0.3) is 21.9 Å². The molecule has 0 amide bonds. The maximum atomic E-state index is 2.41. The Hall–Kier alpha value is -1.07. The summed E-state index contributed by atoms with van der Waals surface area (Å²) in [5, 5.41) is 2.79. The van der Waals surface area contributed by atoms with Gasteiger partial charge in [0.25, 0.3) is 0 Å². The van der Waals surface area contributed by atoms with Crippen LogP contribution in [0.5, 0.6) is 0 Å². The van der Waals surface area contributed by atoms with Crippen molar-refractivity contribution < 1.29 is 26.2 Å². The summed E-state index contributed by atoms with van der Waals surface area (Å²) in [5.74, 6) is 0. The van der Waals surface area contributed by atoms with Crippen molar-refractivity contribution in [3.05, 3.63) is 65.7 Å². The average molecular weight is 395 g/mol. The zero-order valence-corrected chi connectivity index (χ0v) is 17.4. The molecule has 1 heteroatoms. The second-order valence-corrected chi connectivity index (χ2v) is 6.53. The minimum Gasteiger partial charge on any atom is -0.164 e. The number of hydrogen-bond acceptors (Lipinski definition) is 0. The third kappa shape index (κ3) is 4.51. The molecule has 0 bridgehead atoms. The van der Waals surface area contributed by atoms with Gasteiger partial charge in [0.05, 0.1) is 0 Å². The third-order valence-electron chi connectivity index (χ3n) is 4.80. The summed E-state index contributed by atoms with van der Waals surface area (Å²) in [6.45, 7) is 4.48. The van der Waals surface area contributed by atoms with Crippen molar-refractivity contribution in [1.29, 1.82) is 0 Å². The normalized spacial score (nSPS) is 10.8. The Morgan fingerprint density at radius 2 is 1.67 bits per heavy atom. The van der Waals surface area contributed by atoms with E-state index in [1.54, 1.807) is 0 Å². The maximum absolute atomic E-state index is 2.41. The number of aryl methyl sites for hydroxylation is 2. The molecule has 0 saturated carbocycles. The third-order valence-corrected chi connectivity index (χ3v) is 4.80. The average Bonchev–Trinajstić information content (AvgIpc) is 3.02. The van der Waals surface area contributed by atoms with Gasteiger partial charge in [-0.05, 0) is 24.0 Å². The molecule has 124 valence electrons. The van der Waals surface area contributed by atoms with E-state index in [-0.39, 0.29) is 26.2 Å². The van der Waals surface area contributed by atoms with Crippen LogP contribution in [0.2, 0.25) is 0 Å². The van der Waals surface area contributed by atoms with E-state index in [0.717, 1.165) is 6.42 Å². The molecule has 0 fully saturated rings. The Morgan fingerprint density at radius 3 is 2.38 bits per heavy atom. The minimum atomic E-state index is 0. The Kier molecular flexibility index (Phi) is 7.56. The summed E-state index contributed by atoms with van der Waals surface area (Å²) in [6.07, 6.45) is 7.63. The van der Waals surface area contributed by atoms with Crippen molar-refractivity contribution >= 4 is 10.8 Å². The van der Waals surface area contributed by atoms with Crippen molar-refractivity contribution in [2.75, 3.05) is 0 Å². The van der Waals surface area contributed by atoms with Gasteiger partial charge >= 0.3 is 0 Å². The fraction of sp³-hybridized carbons (Fsp3) is 0.348. The van der Waals surface area contributed by atoms with Crippen LogP contribution in [0.15, 0.2) is 54.6 Å². The largest absolute Gasteiger partial charge is 0.164 e. The zero-order valence-electron chi connectivity index (χ0n) is 14.9. The fourth-order valence-electron chi connectivity index (χ4n) is 3.37. The molecule has 3 aromatic rings. The number of unbranched alkanes of at least 4 members (excludes halogenated alkanes) is 3. The SMILES string of the molecule is CCCCCCc1cc2c(-c3ccc(CC)cc3)cccc2[cH-]1.[Zr]. The number of fused-ring (bicyclic) bond motifs is 1. The Balaban J connectivity index is 0.00000208. The van der Waals surface area contributed by atoms with Gasteiger partial charge < -0.3 is 0 Å². The summed E-state index contributed by atoms with van der Waals surface area (Å²) < 4.78 is 0. The molecule has 3 rings (SSSR count). The number of hydrogen-bond donors (Lipinski definition) is 0. The van der Waals surface area contributed by atoms with E-state index in [9.17, 15) is 0 Å². The molecule has 0 aliphatic heterocycles. The van der Waals surface area contributed by atoms with Crippen LogP contribution in [-0.4, -0.2) is 0 Å². The van der Waals surface area contributed by atoms with Crippen molar-refractivity contribution in [1.82, 2.24) is 0 Å². The molecule has 3 aromatic carbocycles. The van der Waals surface area contributed by atoms with E-state index >= 15 is 0 Å². The first-order valence-electron chi connectivity index (χ1n) is 9.09. The van der Waals surface area contributed by atoms with Gasteiger partial charge in [0.2, 0.25) is 0 Å². The summed E-state index contributed by atoms with van der Waals surface area (Å²) in [4.78, 5) is 0. The van der Waals surface area contributed by atoms with Gasteiger partial charge in [0.15, 0.2) is 0 Å². The molecule has 0 nitrogen and oxygen atoms in total. The van der Waals surface area contributed by atoms with E-state index in [1.807, 2.05) is 0 Å². The van der Waals surface area contributed by atoms with Gasteiger partial charge in [-0.3, -0.25) is 0 Å². The molecule has 0 saturated heterocycles. The van der Waals surface area contributed by atoms with Crippen LogP contribution >= 0.6 is 0 Å². The molecule has 0 N–H and O–H groups in total. The molecule has 0 unspecified atom stereocenters. The van der Waals surface area contributed by atoms with Crippen LogP contribution in [0.3, 0.4) is 0 Å². The summed E-state index contributed by atoms with van der Waals surface area (Å²) in [7, 11) is 0. The molecule has 0 aromatic heterocycles. The van der Waals surface area contributed by atoms with Gasteiger partial charge in [0.1, 0.15) is 0 Å². The molecule has 0 heterocycles. The number of rotatable bonds is 7. The van der Waals surface area contributed by atoms with Crippen LogP contribution < -0.4 is 0 Å². The van der Waals surface area contributed by atoms with E-state index < -0.39 is 0 Å². The van der Waals surface area contributed by atoms with Crippen molar-refractivity contribution in [2.45, 2.75) is 52.4 Å². The van der Waals surface area contributed by atoms with Crippen molar-refractivity contribution in [2.24, 2.45) is 0 Å². The minimum absolute atomic E-state index is 0. The second kappa shape index (κ2) is 9.43. The quantitative estimate of drug-likeness (QED) is 0.302. The predicted molar refractivity (Wildman–Crippen MR) is 102 cm³/mol. The molecule has 0 aliphatic rings. The van der Waals surface area contributed by atoms with Gasteiger partial charge in [-0.1, -0.05) is 75.4 Å².